The molecule has 0 fully saturated rings. The van der Waals surface area contributed by atoms with Crippen LogP contribution in [0.2, 0.25) is 0 Å². The van der Waals surface area contributed by atoms with Crippen LogP contribution in [0.4, 0.5) is 5.13 Å². The van der Waals surface area contributed by atoms with Crippen molar-refractivity contribution in [2.45, 2.75) is 34.1 Å². The van der Waals surface area contributed by atoms with Gasteiger partial charge in [-0.15, -0.1) is 11.3 Å². The van der Waals surface area contributed by atoms with Crippen LogP contribution in [0, 0.1) is 6.92 Å². The number of carbonyl (C=O) groups excluding carboxylic acids is 1. The lowest BCUT2D eigenvalue weighted by Crippen LogP contribution is -2.16. The third-order valence-electron chi connectivity index (χ3n) is 2.67. The fourth-order valence-electron chi connectivity index (χ4n) is 1.33. The Morgan fingerprint density at radius 2 is 1.94 bits per heavy atom. The van der Waals surface area contributed by atoms with Gasteiger partial charge in [-0.3, -0.25) is 10.1 Å². The average molecular weight is 268 g/mol. The smallest absolute Gasteiger partial charge is 0.331 e. The Morgan fingerprint density at radius 1 is 1.33 bits per heavy atom. The molecule has 18 heavy (non-hydrogen) atoms. The lowest BCUT2D eigenvalue weighted by Gasteiger charge is -2.03. The molecule has 6 heteroatoms. The minimum absolute atomic E-state index is 0.0384. The number of aromatic nitrogens is 1. The molecule has 0 spiro atoms. The summed E-state index contributed by atoms with van der Waals surface area (Å²) in [4.78, 5) is 27.9. The molecule has 0 aliphatic rings. The second-order valence-electron chi connectivity index (χ2n) is 3.88. The summed E-state index contributed by atoms with van der Waals surface area (Å²) in [6.45, 7) is 6.83. The number of aryl methyl sites for hydroxylation is 2. The number of carboxylic acid groups (broad SMARTS) is 1. The number of hydrogen-bond donors (Lipinski definition) is 2. The summed E-state index contributed by atoms with van der Waals surface area (Å²) >= 11 is 1.39. The summed E-state index contributed by atoms with van der Waals surface area (Å²) < 4.78 is 0. The van der Waals surface area contributed by atoms with E-state index < -0.39 is 11.9 Å². The number of hydrogen-bond acceptors (Lipinski definition) is 4. The van der Waals surface area contributed by atoms with Crippen molar-refractivity contribution in [3.05, 3.63) is 21.7 Å². The fraction of sp³-hybridized carbons (Fsp3) is 0.417. The highest BCUT2D eigenvalue weighted by Crippen LogP contribution is 2.23. The first-order chi connectivity index (χ1) is 8.36. The van der Waals surface area contributed by atoms with Crippen molar-refractivity contribution in [1.82, 2.24) is 4.98 Å². The number of aliphatic carboxylic acids is 1. The minimum Gasteiger partial charge on any atom is -0.478 e. The van der Waals surface area contributed by atoms with Crippen LogP contribution >= 0.6 is 11.3 Å². The van der Waals surface area contributed by atoms with Gasteiger partial charge in [0, 0.05) is 16.0 Å². The van der Waals surface area contributed by atoms with Gasteiger partial charge in [0.2, 0.25) is 0 Å². The molecule has 0 aliphatic heterocycles. The average Bonchev–Trinajstić information content (AvgIpc) is 2.67. The van der Waals surface area contributed by atoms with Crippen LogP contribution in [0.5, 0.6) is 0 Å². The van der Waals surface area contributed by atoms with Crippen molar-refractivity contribution >= 4 is 28.3 Å². The first-order valence-electron chi connectivity index (χ1n) is 5.55. The Hall–Kier alpha value is -1.69. The normalized spacial score (nSPS) is 12.0. The van der Waals surface area contributed by atoms with Crippen LogP contribution in [-0.4, -0.2) is 22.0 Å². The highest BCUT2D eigenvalue weighted by molar-refractivity contribution is 7.15. The van der Waals surface area contributed by atoms with Crippen molar-refractivity contribution in [1.29, 1.82) is 0 Å². The minimum atomic E-state index is -1.09. The molecular formula is C12H16N2O3S. The Kier molecular flexibility index (Phi) is 4.61. The first-order valence-corrected chi connectivity index (χ1v) is 6.36. The molecule has 1 aromatic rings. The zero-order valence-electron chi connectivity index (χ0n) is 10.8. The van der Waals surface area contributed by atoms with E-state index >= 15 is 0 Å². The van der Waals surface area contributed by atoms with Crippen molar-refractivity contribution < 1.29 is 14.7 Å². The van der Waals surface area contributed by atoms with Crippen LogP contribution < -0.4 is 5.32 Å². The molecule has 0 atom stereocenters. The molecule has 0 aliphatic carbocycles. The van der Waals surface area contributed by atoms with E-state index in [1.165, 1.54) is 25.2 Å². The summed E-state index contributed by atoms with van der Waals surface area (Å²) in [5.74, 6) is -1.52. The van der Waals surface area contributed by atoms with Crippen LogP contribution in [0.15, 0.2) is 11.1 Å². The zero-order chi connectivity index (χ0) is 13.9. The lowest BCUT2D eigenvalue weighted by molar-refractivity contribution is -0.133. The molecule has 2 N–H and O–H groups in total. The quantitative estimate of drug-likeness (QED) is 0.822. The number of amides is 1. The summed E-state index contributed by atoms with van der Waals surface area (Å²) in [7, 11) is 0. The van der Waals surface area contributed by atoms with Crippen molar-refractivity contribution in [2.75, 3.05) is 5.32 Å². The van der Waals surface area contributed by atoms with Gasteiger partial charge in [0.1, 0.15) is 0 Å². The van der Waals surface area contributed by atoms with E-state index in [1.54, 1.807) is 0 Å². The van der Waals surface area contributed by atoms with Crippen LogP contribution in [0.3, 0.4) is 0 Å². The van der Waals surface area contributed by atoms with Gasteiger partial charge in [-0.25, -0.2) is 9.78 Å². The molecule has 0 bridgehead atoms. The maximum atomic E-state index is 11.8. The second kappa shape index (κ2) is 5.77. The lowest BCUT2D eigenvalue weighted by atomic mass is 10.1. The number of thiazole rings is 1. The molecule has 1 amide bonds. The molecule has 1 aromatic heterocycles. The Bertz CT molecular complexity index is 517. The molecule has 0 saturated heterocycles. The summed E-state index contributed by atoms with van der Waals surface area (Å²) in [5, 5.41) is 11.9. The van der Waals surface area contributed by atoms with Crippen molar-refractivity contribution in [3.63, 3.8) is 0 Å². The number of anilines is 1. The van der Waals surface area contributed by atoms with E-state index in [2.05, 4.69) is 10.3 Å². The third-order valence-corrected chi connectivity index (χ3v) is 3.60. The van der Waals surface area contributed by atoms with Gasteiger partial charge in [0.15, 0.2) is 5.13 Å². The van der Waals surface area contributed by atoms with Crippen LogP contribution in [0.25, 0.3) is 0 Å². The topological polar surface area (TPSA) is 79.3 Å². The summed E-state index contributed by atoms with van der Waals surface area (Å²) in [5.41, 5.74) is 1.18. The van der Waals surface area contributed by atoms with Crippen LogP contribution in [-0.2, 0) is 16.0 Å². The van der Waals surface area contributed by atoms with Crippen molar-refractivity contribution in [3.8, 4) is 0 Å². The molecule has 5 nitrogen and oxygen atoms in total. The van der Waals surface area contributed by atoms with E-state index in [0.29, 0.717) is 5.13 Å². The molecule has 0 radical (unpaired) electrons. The monoisotopic (exact) mass is 268 g/mol. The van der Waals surface area contributed by atoms with E-state index in [9.17, 15) is 9.59 Å². The largest absolute Gasteiger partial charge is 0.478 e. The van der Waals surface area contributed by atoms with E-state index in [1.807, 2.05) is 13.8 Å². The van der Waals surface area contributed by atoms with Gasteiger partial charge in [0.05, 0.1) is 5.69 Å². The number of nitrogens with zero attached hydrogens (tertiary/aromatic N) is 1. The fourth-order valence-corrected chi connectivity index (χ4v) is 2.23. The summed E-state index contributed by atoms with van der Waals surface area (Å²) in [6, 6.07) is 0. The Morgan fingerprint density at radius 3 is 2.39 bits per heavy atom. The van der Waals surface area contributed by atoms with Gasteiger partial charge >= 0.3 is 5.97 Å². The Labute approximate surface area is 110 Å². The predicted molar refractivity (Wildman–Crippen MR) is 70.9 cm³/mol. The van der Waals surface area contributed by atoms with Gasteiger partial charge in [0.25, 0.3) is 5.91 Å². The number of rotatable bonds is 4. The highest BCUT2D eigenvalue weighted by Gasteiger charge is 2.15. The Balaban J connectivity index is 2.88. The standard InChI is InChI=1S/C12H16N2O3S/c1-5-9-8(4)18-12(13-9)14-10(15)6(2)7(3)11(16)17/h5H2,1-4H3,(H,16,17)(H,13,14,15). The van der Waals surface area contributed by atoms with E-state index in [4.69, 9.17) is 5.11 Å². The van der Waals surface area contributed by atoms with E-state index in [-0.39, 0.29) is 11.1 Å². The number of nitrogens with one attached hydrogen (secondary N) is 1. The highest BCUT2D eigenvalue weighted by atomic mass is 32.1. The zero-order valence-corrected chi connectivity index (χ0v) is 11.6. The van der Waals surface area contributed by atoms with Gasteiger partial charge in [-0.2, -0.15) is 0 Å². The molecule has 1 heterocycles. The summed E-state index contributed by atoms with van der Waals surface area (Å²) in [6.07, 6.45) is 0.807. The predicted octanol–water partition coefficient (Wildman–Crippen LogP) is 2.37. The van der Waals surface area contributed by atoms with Crippen molar-refractivity contribution in [2.24, 2.45) is 0 Å². The molecule has 0 saturated carbocycles. The first kappa shape index (κ1) is 14.4. The molecular weight excluding hydrogens is 252 g/mol. The molecule has 98 valence electrons. The van der Waals surface area contributed by atoms with Gasteiger partial charge < -0.3 is 5.11 Å². The second-order valence-corrected chi connectivity index (χ2v) is 5.09. The molecule has 1 rings (SSSR count). The molecule has 0 aromatic carbocycles. The van der Waals surface area contributed by atoms with Gasteiger partial charge in [-0.1, -0.05) is 6.92 Å². The van der Waals surface area contributed by atoms with Gasteiger partial charge in [-0.05, 0) is 27.2 Å². The SMILES string of the molecule is CCc1nc(NC(=O)C(C)=C(C)C(=O)O)sc1C. The number of carboxylic acids is 1. The molecule has 0 unspecified atom stereocenters. The maximum Gasteiger partial charge on any atom is 0.331 e. The number of carbonyl (C=O) groups is 2. The van der Waals surface area contributed by atoms with E-state index in [0.717, 1.165) is 17.0 Å². The third kappa shape index (κ3) is 3.16. The maximum absolute atomic E-state index is 11.8. The van der Waals surface area contributed by atoms with Crippen LogP contribution in [0.1, 0.15) is 31.3 Å².